The van der Waals surface area contributed by atoms with E-state index in [0.717, 1.165) is 6.42 Å². The molecule has 0 saturated carbocycles. The monoisotopic (exact) mass is 232 g/mol. The van der Waals surface area contributed by atoms with Crippen molar-refractivity contribution in [3.05, 3.63) is 0 Å². The van der Waals surface area contributed by atoms with Crippen LogP contribution < -0.4 is 0 Å². The first-order valence-corrected chi connectivity index (χ1v) is 5.36. The minimum atomic E-state index is -0.923. The van der Waals surface area contributed by atoms with Gasteiger partial charge in [-0.15, -0.1) is 0 Å². The Morgan fingerprint density at radius 2 is 1.69 bits per heavy atom. The van der Waals surface area contributed by atoms with Crippen molar-refractivity contribution >= 4 is 11.9 Å². The Kier molecular flexibility index (Phi) is 6.72. The highest BCUT2D eigenvalue weighted by Crippen LogP contribution is 2.07. The number of carbonyl (C=O) groups excluding carboxylic acids is 2. The van der Waals surface area contributed by atoms with Crippen LogP contribution in [-0.4, -0.2) is 31.4 Å². The number of hydrogen-bond acceptors (Lipinski definition) is 5. The van der Waals surface area contributed by atoms with Gasteiger partial charge in [0.2, 0.25) is 0 Å². The smallest absolute Gasteiger partial charge is 0.322 e. The molecule has 0 rings (SSSR count). The molecular weight excluding hydrogens is 212 g/mol. The number of rotatable bonds is 6. The van der Waals surface area contributed by atoms with Gasteiger partial charge >= 0.3 is 11.9 Å². The second-order valence-electron chi connectivity index (χ2n) is 3.60. The van der Waals surface area contributed by atoms with Crippen LogP contribution in [0.3, 0.4) is 0 Å². The van der Waals surface area contributed by atoms with Crippen LogP contribution in [0.2, 0.25) is 0 Å². The van der Waals surface area contributed by atoms with E-state index in [1.54, 1.807) is 6.92 Å². The molecule has 0 spiro atoms. The molecule has 0 fully saturated rings. The first-order chi connectivity index (χ1) is 7.42. The summed E-state index contributed by atoms with van der Waals surface area (Å²) in [5.74, 6) is -2.17. The lowest BCUT2D eigenvalue weighted by molar-refractivity contribution is -0.189. The third kappa shape index (κ3) is 5.11. The van der Waals surface area contributed by atoms with Crippen LogP contribution in [-0.2, 0) is 23.8 Å². The van der Waals surface area contributed by atoms with E-state index in [4.69, 9.17) is 9.47 Å². The molecule has 5 nitrogen and oxygen atoms in total. The summed E-state index contributed by atoms with van der Waals surface area (Å²) in [7, 11) is 1.23. The van der Waals surface area contributed by atoms with Crippen LogP contribution in [0.5, 0.6) is 0 Å². The normalized spacial score (nSPS) is 16.1. The Morgan fingerprint density at radius 1 is 1.12 bits per heavy atom. The molecule has 0 aliphatic carbocycles. The molecule has 0 saturated heterocycles. The minimum absolute atomic E-state index is 0.0104. The lowest BCUT2D eigenvalue weighted by atomic mass is 10.2. The van der Waals surface area contributed by atoms with Gasteiger partial charge in [-0.3, -0.25) is 9.59 Å². The molecule has 0 heterocycles. The zero-order chi connectivity index (χ0) is 12.7. The van der Waals surface area contributed by atoms with E-state index in [2.05, 4.69) is 4.74 Å². The summed E-state index contributed by atoms with van der Waals surface area (Å²) in [6.07, 6.45) is 0.180. The highest BCUT2D eigenvalue weighted by atomic mass is 16.7. The van der Waals surface area contributed by atoms with E-state index in [-0.39, 0.29) is 6.10 Å². The van der Waals surface area contributed by atoms with E-state index < -0.39 is 24.1 Å². The maximum atomic E-state index is 11.4. The van der Waals surface area contributed by atoms with Crippen molar-refractivity contribution in [2.24, 2.45) is 5.92 Å². The average molecular weight is 232 g/mol. The Labute approximate surface area is 96.1 Å². The predicted molar refractivity (Wildman–Crippen MR) is 57.6 cm³/mol. The van der Waals surface area contributed by atoms with Crippen LogP contribution in [0.25, 0.3) is 0 Å². The zero-order valence-electron chi connectivity index (χ0n) is 10.5. The molecule has 3 unspecified atom stereocenters. The maximum Gasteiger partial charge on any atom is 0.322 e. The summed E-state index contributed by atoms with van der Waals surface area (Å²) in [4.78, 5) is 22.5. The summed E-state index contributed by atoms with van der Waals surface area (Å²) >= 11 is 0. The third-order valence-corrected chi connectivity index (χ3v) is 2.19. The van der Waals surface area contributed by atoms with Gasteiger partial charge in [-0.1, -0.05) is 6.92 Å². The highest BCUT2D eigenvalue weighted by Gasteiger charge is 2.25. The first kappa shape index (κ1) is 14.9. The van der Waals surface area contributed by atoms with Crippen molar-refractivity contribution in [3.8, 4) is 0 Å². The van der Waals surface area contributed by atoms with Crippen molar-refractivity contribution in [1.29, 1.82) is 0 Å². The Hall–Kier alpha value is -1.10. The second-order valence-corrected chi connectivity index (χ2v) is 3.60. The van der Waals surface area contributed by atoms with E-state index in [1.807, 2.05) is 13.8 Å². The topological polar surface area (TPSA) is 61.8 Å². The van der Waals surface area contributed by atoms with Gasteiger partial charge in [-0.05, 0) is 27.2 Å². The molecule has 0 aromatic carbocycles. The van der Waals surface area contributed by atoms with Gasteiger partial charge in [0, 0.05) is 0 Å². The number of hydrogen-bond donors (Lipinski definition) is 0. The number of methoxy groups -OCH3 is 1. The SMILES string of the molecule is CCC(C)OC(C)OC(=O)C(C)C(=O)OC. The van der Waals surface area contributed by atoms with Gasteiger partial charge in [0.05, 0.1) is 13.2 Å². The molecule has 0 aliphatic rings. The van der Waals surface area contributed by atoms with Crippen molar-refractivity contribution in [2.75, 3.05) is 7.11 Å². The second kappa shape index (κ2) is 7.22. The fraction of sp³-hybridized carbons (Fsp3) is 0.818. The lowest BCUT2D eigenvalue weighted by Gasteiger charge is -2.19. The standard InChI is InChI=1S/C11H20O5/c1-6-7(2)15-9(4)16-11(13)8(3)10(12)14-5/h7-9H,6H2,1-5H3. The quantitative estimate of drug-likeness (QED) is 0.394. The molecule has 5 heteroatoms. The van der Waals surface area contributed by atoms with Crippen LogP contribution in [0.15, 0.2) is 0 Å². The molecule has 0 aromatic rings. The van der Waals surface area contributed by atoms with Crippen molar-refractivity contribution in [3.63, 3.8) is 0 Å². The fourth-order valence-electron chi connectivity index (χ4n) is 0.990. The molecule has 0 bridgehead atoms. The number of carbonyl (C=O) groups is 2. The van der Waals surface area contributed by atoms with E-state index in [1.165, 1.54) is 14.0 Å². The third-order valence-electron chi connectivity index (χ3n) is 2.19. The maximum absolute atomic E-state index is 11.4. The van der Waals surface area contributed by atoms with E-state index >= 15 is 0 Å². The molecule has 0 amide bonds. The summed E-state index contributed by atoms with van der Waals surface area (Å²) in [6.45, 7) is 6.91. The highest BCUT2D eigenvalue weighted by molar-refractivity contribution is 5.94. The summed E-state index contributed by atoms with van der Waals surface area (Å²) < 4.78 is 14.7. The number of ether oxygens (including phenoxy) is 3. The first-order valence-electron chi connectivity index (χ1n) is 5.36. The van der Waals surface area contributed by atoms with Crippen molar-refractivity contribution in [2.45, 2.75) is 46.5 Å². The fourth-order valence-corrected chi connectivity index (χ4v) is 0.990. The Morgan fingerprint density at radius 3 is 2.12 bits per heavy atom. The van der Waals surface area contributed by atoms with Crippen LogP contribution in [0.4, 0.5) is 0 Å². The van der Waals surface area contributed by atoms with Gasteiger partial charge in [-0.2, -0.15) is 0 Å². The molecule has 0 radical (unpaired) electrons. The molecule has 0 N–H and O–H groups in total. The van der Waals surface area contributed by atoms with Gasteiger partial charge in [0.15, 0.2) is 12.2 Å². The lowest BCUT2D eigenvalue weighted by Crippen LogP contribution is -2.29. The Balaban J connectivity index is 4.08. The van der Waals surface area contributed by atoms with Crippen LogP contribution in [0, 0.1) is 5.92 Å². The van der Waals surface area contributed by atoms with Gasteiger partial charge in [0.1, 0.15) is 0 Å². The van der Waals surface area contributed by atoms with Crippen molar-refractivity contribution < 1.29 is 23.8 Å². The van der Waals surface area contributed by atoms with Gasteiger partial charge in [-0.25, -0.2) is 0 Å². The number of esters is 2. The molecule has 16 heavy (non-hydrogen) atoms. The van der Waals surface area contributed by atoms with Gasteiger partial charge < -0.3 is 14.2 Å². The average Bonchev–Trinajstić information content (AvgIpc) is 2.26. The molecule has 3 atom stereocenters. The predicted octanol–water partition coefficient (Wildman–Crippen LogP) is 1.50. The molecular formula is C11H20O5. The van der Waals surface area contributed by atoms with E-state index in [9.17, 15) is 9.59 Å². The summed E-state index contributed by atoms with van der Waals surface area (Å²) in [6, 6.07) is 0. The zero-order valence-corrected chi connectivity index (χ0v) is 10.5. The Bertz CT molecular complexity index is 239. The summed E-state index contributed by atoms with van der Waals surface area (Å²) in [5, 5.41) is 0. The molecule has 0 aliphatic heterocycles. The minimum Gasteiger partial charge on any atom is -0.468 e. The largest absolute Gasteiger partial charge is 0.468 e. The summed E-state index contributed by atoms with van der Waals surface area (Å²) in [5.41, 5.74) is 0. The van der Waals surface area contributed by atoms with Crippen LogP contribution in [0.1, 0.15) is 34.1 Å². The molecule has 94 valence electrons. The van der Waals surface area contributed by atoms with Crippen LogP contribution >= 0.6 is 0 Å². The van der Waals surface area contributed by atoms with E-state index in [0.29, 0.717) is 0 Å². The van der Waals surface area contributed by atoms with Crippen molar-refractivity contribution in [1.82, 2.24) is 0 Å². The van der Waals surface area contributed by atoms with Gasteiger partial charge in [0.25, 0.3) is 0 Å². The molecule has 0 aromatic heterocycles.